The average molecular weight is 457 g/mol. The van der Waals surface area contributed by atoms with Crippen molar-refractivity contribution >= 4 is 44.4 Å². The zero-order valence-corrected chi connectivity index (χ0v) is 18.1. The van der Waals surface area contributed by atoms with Gasteiger partial charge in [-0.1, -0.05) is 53.2 Å². The van der Waals surface area contributed by atoms with Crippen LogP contribution in [0.4, 0.5) is 5.13 Å². The highest BCUT2D eigenvalue weighted by atomic mass is 79.9. The van der Waals surface area contributed by atoms with E-state index in [-0.39, 0.29) is 5.91 Å². The third kappa shape index (κ3) is 5.09. The van der Waals surface area contributed by atoms with E-state index in [1.54, 1.807) is 6.08 Å². The fourth-order valence-corrected chi connectivity index (χ4v) is 3.89. The number of benzene rings is 2. The second kappa shape index (κ2) is 9.66. The lowest BCUT2D eigenvalue weighted by Gasteiger charge is -2.06. The number of anilines is 1. The smallest absolute Gasteiger partial charge is 0.250 e. The molecule has 0 atom stereocenters. The summed E-state index contributed by atoms with van der Waals surface area (Å²) in [7, 11) is 0. The molecule has 0 saturated heterocycles. The van der Waals surface area contributed by atoms with E-state index < -0.39 is 0 Å². The van der Waals surface area contributed by atoms with Gasteiger partial charge in [-0.3, -0.25) is 10.1 Å². The van der Waals surface area contributed by atoms with Gasteiger partial charge in [0, 0.05) is 26.6 Å². The quantitative estimate of drug-likeness (QED) is 0.431. The summed E-state index contributed by atoms with van der Waals surface area (Å²) < 4.78 is 6.61. The lowest BCUT2D eigenvalue weighted by Crippen LogP contribution is -2.07. The molecule has 0 radical (unpaired) electrons. The van der Waals surface area contributed by atoms with Crippen LogP contribution < -0.4 is 10.1 Å². The predicted molar refractivity (Wildman–Crippen MR) is 120 cm³/mol. The number of nitrogens with one attached hydrogen (secondary N) is 1. The minimum Gasteiger partial charge on any atom is -0.493 e. The molecule has 0 aliphatic rings. The maximum atomic E-state index is 12.4. The third-order valence-corrected chi connectivity index (χ3v) is 5.64. The summed E-state index contributed by atoms with van der Waals surface area (Å²) in [6.45, 7) is 4.60. The van der Waals surface area contributed by atoms with E-state index in [4.69, 9.17) is 4.74 Å². The van der Waals surface area contributed by atoms with Gasteiger partial charge in [-0.2, -0.15) is 0 Å². The zero-order chi connectivity index (χ0) is 19.9. The van der Waals surface area contributed by atoms with E-state index in [0.29, 0.717) is 11.7 Å². The SMILES string of the molecule is CCOc1ccccc1/C=C/C(=O)Nc1nc(-c2ccc(Br)cc2)c(CC)s1. The molecule has 4 nitrogen and oxygen atoms in total. The molecule has 144 valence electrons. The number of aryl methyl sites for hydroxylation is 1. The Hall–Kier alpha value is -2.44. The number of nitrogens with zero attached hydrogens (tertiary/aromatic N) is 1. The van der Waals surface area contributed by atoms with Crippen molar-refractivity contribution in [3.05, 3.63) is 69.5 Å². The van der Waals surface area contributed by atoms with Crippen LogP contribution in [0, 0.1) is 0 Å². The molecule has 0 aliphatic carbocycles. The van der Waals surface area contributed by atoms with Crippen molar-refractivity contribution in [1.82, 2.24) is 4.98 Å². The van der Waals surface area contributed by atoms with Gasteiger partial charge in [0.15, 0.2) is 5.13 Å². The number of carbonyl (C=O) groups excluding carboxylic acids is 1. The largest absolute Gasteiger partial charge is 0.493 e. The molecular formula is C22H21BrN2O2S. The summed E-state index contributed by atoms with van der Waals surface area (Å²) in [5, 5.41) is 3.47. The third-order valence-electron chi connectivity index (χ3n) is 4.00. The first-order valence-electron chi connectivity index (χ1n) is 9.07. The van der Waals surface area contributed by atoms with Crippen LogP contribution in [0.2, 0.25) is 0 Å². The Balaban J connectivity index is 1.75. The Labute approximate surface area is 177 Å². The first-order chi connectivity index (χ1) is 13.6. The molecule has 1 N–H and O–H groups in total. The minimum atomic E-state index is -0.218. The van der Waals surface area contributed by atoms with E-state index in [9.17, 15) is 4.79 Å². The monoisotopic (exact) mass is 456 g/mol. The van der Waals surface area contributed by atoms with Gasteiger partial charge in [-0.05, 0) is 37.6 Å². The number of carbonyl (C=O) groups is 1. The van der Waals surface area contributed by atoms with Crippen molar-refractivity contribution in [2.75, 3.05) is 11.9 Å². The number of rotatable bonds is 7. The van der Waals surface area contributed by atoms with E-state index in [2.05, 4.69) is 33.2 Å². The second-order valence-corrected chi connectivity index (χ2v) is 7.94. The van der Waals surface area contributed by atoms with E-state index in [1.165, 1.54) is 17.4 Å². The van der Waals surface area contributed by atoms with Crippen molar-refractivity contribution in [1.29, 1.82) is 0 Å². The molecule has 0 aliphatic heterocycles. The Morgan fingerprint density at radius 3 is 2.64 bits per heavy atom. The number of halogens is 1. The molecule has 0 saturated carbocycles. The summed E-state index contributed by atoms with van der Waals surface area (Å²) >= 11 is 4.96. The van der Waals surface area contributed by atoms with Crippen molar-refractivity contribution in [2.24, 2.45) is 0 Å². The van der Waals surface area contributed by atoms with E-state index in [1.807, 2.05) is 55.5 Å². The van der Waals surface area contributed by atoms with Gasteiger partial charge >= 0.3 is 0 Å². The summed E-state index contributed by atoms with van der Waals surface area (Å²) in [6, 6.07) is 15.7. The van der Waals surface area contributed by atoms with Crippen LogP contribution in [-0.2, 0) is 11.2 Å². The molecule has 6 heteroatoms. The number of aromatic nitrogens is 1. The number of amides is 1. The zero-order valence-electron chi connectivity index (χ0n) is 15.7. The number of ether oxygens (including phenoxy) is 1. The highest BCUT2D eigenvalue weighted by molar-refractivity contribution is 9.10. The van der Waals surface area contributed by atoms with E-state index >= 15 is 0 Å². The highest BCUT2D eigenvalue weighted by Crippen LogP contribution is 2.32. The second-order valence-electron chi connectivity index (χ2n) is 5.94. The van der Waals surface area contributed by atoms with Crippen LogP contribution in [-0.4, -0.2) is 17.5 Å². The number of thiazole rings is 1. The Bertz CT molecular complexity index is 980. The molecule has 0 spiro atoms. The average Bonchev–Trinajstić information content (AvgIpc) is 3.11. The summed E-state index contributed by atoms with van der Waals surface area (Å²) in [5.41, 5.74) is 2.82. The Kier molecular flexibility index (Phi) is 7.01. The molecule has 0 fully saturated rings. The van der Waals surface area contributed by atoms with Gasteiger partial charge in [-0.25, -0.2) is 4.98 Å². The molecular weight excluding hydrogens is 436 g/mol. The topological polar surface area (TPSA) is 51.2 Å². The van der Waals surface area contributed by atoms with Crippen molar-refractivity contribution in [2.45, 2.75) is 20.3 Å². The van der Waals surface area contributed by atoms with Crippen molar-refractivity contribution in [3.8, 4) is 17.0 Å². The fraction of sp³-hybridized carbons (Fsp3) is 0.182. The molecule has 0 unspecified atom stereocenters. The number of hydrogen-bond donors (Lipinski definition) is 1. The van der Waals surface area contributed by atoms with Gasteiger partial charge in [0.25, 0.3) is 0 Å². The Morgan fingerprint density at radius 2 is 1.93 bits per heavy atom. The van der Waals surface area contributed by atoms with Crippen LogP contribution in [0.25, 0.3) is 17.3 Å². The van der Waals surface area contributed by atoms with Crippen LogP contribution in [0.3, 0.4) is 0 Å². The summed E-state index contributed by atoms with van der Waals surface area (Å²) in [5.74, 6) is 0.541. The first kappa shape index (κ1) is 20.3. The molecule has 2 aromatic carbocycles. The van der Waals surface area contributed by atoms with Crippen LogP contribution in [0.5, 0.6) is 5.75 Å². The van der Waals surface area contributed by atoms with E-state index in [0.717, 1.165) is 38.3 Å². The summed E-state index contributed by atoms with van der Waals surface area (Å²) in [6.07, 6.45) is 4.12. The lowest BCUT2D eigenvalue weighted by atomic mass is 10.1. The first-order valence-corrected chi connectivity index (χ1v) is 10.7. The molecule has 1 aromatic heterocycles. The molecule has 1 amide bonds. The van der Waals surface area contributed by atoms with Gasteiger partial charge < -0.3 is 4.74 Å². The normalized spacial score (nSPS) is 11.0. The van der Waals surface area contributed by atoms with Gasteiger partial charge in [0.05, 0.1) is 12.3 Å². The maximum Gasteiger partial charge on any atom is 0.250 e. The van der Waals surface area contributed by atoms with Crippen LogP contribution in [0.15, 0.2) is 59.1 Å². The van der Waals surface area contributed by atoms with Gasteiger partial charge in [0.2, 0.25) is 5.91 Å². The minimum absolute atomic E-state index is 0.218. The maximum absolute atomic E-state index is 12.4. The Morgan fingerprint density at radius 1 is 1.18 bits per heavy atom. The molecule has 28 heavy (non-hydrogen) atoms. The van der Waals surface area contributed by atoms with Gasteiger partial charge in [-0.15, -0.1) is 11.3 Å². The lowest BCUT2D eigenvalue weighted by molar-refractivity contribution is -0.111. The van der Waals surface area contributed by atoms with Crippen LogP contribution >= 0.6 is 27.3 Å². The molecule has 3 rings (SSSR count). The summed E-state index contributed by atoms with van der Waals surface area (Å²) in [4.78, 5) is 18.1. The standard InChI is InChI=1S/C22H21BrN2O2S/c1-3-19-21(16-9-12-17(23)13-10-16)25-22(28-19)24-20(26)14-11-15-7-5-6-8-18(15)27-4-2/h5-14H,3-4H2,1-2H3,(H,24,25,26)/b14-11+. The van der Waals surface area contributed by atoms with Crippen molar-refractivity contribution < 1.29 is 9.53 Å². The van der Waals surface area contributed by atoms with Crippen LogP contribution in [0.1, 0.15) is 24.3 Å². The molecule has 0 bridgehead atoms. The fourth-order valence-electron chi connectivity index (χ4n) is 2.70. The molecule has 1 heterocycles. The predicted octanol–water partition coefficient (Wildman–Crippen LogP) is 6.19. The van der Waals surface area contributed by atoms with Crippen molar-refractivity contribution in [3.63, 3.8) is 0 Å². The number of hydrogen-bond acceptors (Lipinski definition) is 4. The highest BCUT2D eigenvalue weighted by Gasteiger charge is 2.13. The molecule has 3 aromatic rings. The number of para-hydroxylation sites is 1. The van der Waals surface area contributed by atoms with Gasteiger partial charge in [0.1, 0.15) is 5.75 Å².